The minimum atomic E-state index is -0.512. The van der Waals surface area contributed by atoms with Crippen molar-refractivity contribution in [2.24, 2.45) is 28.6 Å². The summed E-state index contributed by atoms with van der Waals surface area (Å²) in [7, 11) is 0. The number of hydrogen-bond acceptors (Lipinski definition) is 5. The van der Waals surface area contributed by atoms with Crippen molar-refractivity contribution >= 4 is 5.97 Å². The number of fused-ring (bicyclic) bond motifs is 2. The van der Waals surface area contributed by atoms with Crippen molar-refractivity contribution in [3.8, 4) is 0 Å². The summed E-state index contributed by atoms with van der Waals surface area (Å²) in [5, 5.41) is 11.0. The number of aliphatic hydroxyl groups excluding tert-OH is 1. The van der Waals surface area contributed by atoms with Gasteiger partial charge in [0.25, 0.3) is 0 Å². The van der Waals surface area contributed by atoms with Crippen molar-refractivity contribution in [2.45, 2.75) is 90.6 Å². The summed E-state index contributed by atoms with van der Waals surface area (Å²) in [6.07, 6.45) is 6.25. The number of hydrogen-bond donors (Lipinski definition) is 1. The molecule has 1 N–H and O–H groups in total. The average molecular weight is 381 g/mol. The first-order valence-electron chi connectivity index (χ1n) is 10.8. The molecule has 0 aromatic heterocycles. The minimum absolute atomic E-state index is 0.136. The number of carbonyl (C=O) groups excluding carboxylic acids is 1. The summed E-state index contributed by atoms with van der Waals surface area (Å²) in [6.45, 7) is 9.53. The van der Waals surface area contributed by atoms with Crippen LogP contribution < -0.4 is 0 Å². The first-order valence-corrected chi connectivity index (χ1v) is 10.8. The molecule has 3 saturated carbocycles. The summed E-state index contributed by atoms with van der Waals surface area (Å²) in [6, 6.07) is 0. The molecular weight excluding hydrogens is 344 g/mol. The molecule has 7 atom stereocenters. The van der Waals surface area contributed by atoms with Gasteiger partial charge in [-0.3, -0.25) is 4.79 Å². The molecule has 5 heteroatoms. The van der Waals surface area contributed by atoms with E-state index in [-0.39, 0.29) is 40.8 Å². The van der Waals surface area contributed by atoms with Gasteiger partial charge < -0.3 is 19.3 Å². The number of carbonyl (C=O) groups is 1. The van der Waals surface area contributed by atoms with Gasteiger partial charge in [-0.25, -0.2) is 0 Å². The predicted octanol–water partition coefficient (Wildman–Crippen LogP) is 3.67. The lowest BCUT2D eigenvalue weighted by atomic mass is 9.53. The Kier molecular flexibility index (Phi) is 4.88. The molecule has 1 heterocycles. The van der Waals surface area contributed by atoms with Gasteiger partial charge in [0.2, 0.25) is 0 Å². The lowest BCUT2D eigenvalue weighted by Crippen LogP contribution is -2.58. The Morgan fingerprint density at radius 1 is 1.04 bits per heavy atom. The highest BCUT2D eigenvalue weighted by Crippen LogP contribution is 2.65. The molecule has 0 aromatic rings. The van der Waals surface area contributed by atoms with E-state index in [0.717, 1.165) is 44.9 Å². The molecule has 1 aliphatic heterocycles. The molecular formula is C22H36O5. The normalized spacial score (nSPS) is 49.1. The van der Waals surface area contributed by atoms with Crippen LogP contribution in [0.3, 0.4) is 0 Å². The van der Waals surface area contributed by atoms with Crippen LogP contribution in [-0.4, -0.2) is 42.3 Å². The quantitative estimate of drug-likeness (QED) is 0.741. The standard InChI is InChI=1S/C22H36O5/c1-14-5-8-20(3,18(24)13-14)16-6-9-21(4)17(19(16)27-15(2)23)7-10-22(21)25-11-12-26-22/h14,16-19,24H,5-13H2,1-4H3/t14-,16?,17?,18-,19+,20+,21-/m0/s1. The van der Waals surface area contributed by atoms with Gasteiger partial charge in [0.1, 0.15) is 6.10 Å². The van der Waals surface area contributed by atoms with E-state index in [1.807, 2.05) is 0 Å². The second kappa shape index (κ2) is 6.70. The van der Waals surface area contributed by atoms with Crippen molar-refractivity contribution < 1.29 is 24.1 Å². The van der Waals surface area contributed by atoms with E-state index < -0.39 is 5.79 Å². The van der Waals surface area contributed by atoms with Crippen LogP contribution >= 0.6 is 0 Å². The molecule has 1 spiro atoms. The van der Waals surface area contributed by atoms with Crippen LogP contribution in [-0.2, 0) is 19.0 Å². The molecule has 27 heavy (non-hydrogen) atoms. The smallest absolute Gasteiger partial charge is 0.302 e. The van der Waals surface area contributed by atoms with Crippen LogP contribution in [0.25, 0.3) is 0 Å². The second-order valence-corrected chi connectivity index (χ2v) is 10.1. The van der Waals surface area contributed by atoms with Gasteiger partial charge >= 0.3 is 5.97 Å². The monoisotopic (exact) mass is 380 g/mol. The molecule has 4 rings (SSSR count). The summed E-state index contributed by atoms with van der Waals surface area (Å²) in [4.78, 5) is 12.0. The Balaban J connectivity index is 1.66. The van der Waals surface area contributed by atoms with Crippen LogP contribution in [0.15, 0.2) is 0 Å². The number of rotatable bonds is 2. The predicted molar refractivity (Wildman–Crippen MR) is 101 cm³/mol. The molecule has 4 fully saturated rings. The average Bonchev–Trinajstić information content (AvgIpc) is 3.19. The van der Waals surface area contributed by atoms with Gasteiger partial charge in [-0.2, -0.15) is 0 Å². The van der Waals surface area contributed by atoms with Crippen molar-refractivity contribution in [3.63, 3.8) is 0 Å². The molecule has 0 radical (unpaired) electrons. The zero-order valence-corrected chi connectivity index (χ0v) is 17.3. The maximum Gasteiger partial charge on any atom is 0.302 e. The van der Waals surface area contributed by atoms with Gasteiger partial charge in [0, 0.05) is 30.6 Å². The van der Waals surface area contributed by atoms with E-state index >= 15 is 0 Å². The first-order chi connectivity index (χ1) is 12.7. The lowest BCUT2D eigenvalue weighted by molar-refractivity contribution is -0.253. The topological polar surface area (TPSA) is 65.0 Å². The Morgan fingerprint density at radius 3 is 2.33 bits per heavy atom. The van der Waals surface area contributed by atoms with Crippen LogP contribution in [0, 0.1) is 28.6 Å². The third-order valence-electron chi connectivity index (χ3n) is 8.71. The first kappa shape index (κ1) is 19.7. The zero-order chi connectivity index (χ0) is 19.4. The van der Waals surface area contributed by atoms with Crippen LogP contribution in [0.5, 0.6) is 0 Å². The Labute approximate surface area is 163 Å². The van der Waals surface area contributed by atoms with Gasteiger partial charge in [-0.1, -0.05) is 20.8 Å². The number of esters is 1. The minimum Gasteiger partial charge on any atom is -0.462 e. The van der Waals surface area contributed by atoms with E-state index in [4.69, 9.17) is 14.2 Å². The lowest BCUT2D eigenvalue weighted by Gasteiger charge is -2.56. The Hall–Kier alpha value is -0.650. The second-order valence-electron chi connectivity index (χ2n) is 10.1. The SMILES string of the molecule is CC(=O)O[C@H]1C2CCC3(OCCO3)[C@@]2(C)CCC1[C@@]1(C)CC[C@H](C)C[C@@H]1O. The molecule has 154 valence electrons. The highest BCUT2D eigenvalue weighted by atomic mass is 16.7. The van der Waals surface area contributed by atoms with Crippen LogP contribution in [0.2, 0.25) is 0 Å². The van der Waals surface area contributed by atoms with Crippen LogP contribution in [0.4, 0.5) is 0 Å². The molecule has 1 saturated heterocycles. The molecule has 5 nitrogen and oxygen atoms in total. The fraction of sp³-hybridized carbons (Fsp3) is 0.955. The van der Waals surface area contributed by atoms with E-state index in [9.17, 15) is 9.90 Å². The maximum absolute atomic E-state index is 12.0. The fourth-order valence-electron chi connectivity index (χ4n) is 6.95. The van der Waals surface area contributed by atoms with E-state index in [0.29, 0.717) is 19.1 Å². The van der Waals surface area contributed by atoms with Gasteiger partial charge in [-0.05, 0) is 49.9 Å². The maximum atomic E-state index is 12.0. The third-order valence-corrected chi connectivity index (χ3v) is 8.71. The number of ether oxygens (including phenoxy) is 3. The summed E-state index contributed by atoms with van der Waals surface area (Å²) < 4.78 is 18.3. The molecule has 3 aliphatic carbocycles. The number of aliphatic hydroxyl groups is 1. The molecule has 2 unspecified atom stereocenters. The van der Waals surface area contributed by atoms with Crippen molar-refractivity contribution in [2.75, 3.05) is 13.2 Å². The molecule has 0 aromatic carbocycles. The van der Waals surface area contributed by atoms with Crippen molar-refractivity contribution in [3.05, 3.63) is 0 Å². The highest BCUT2D eigenvalue weighted by molar-refractivity contribution is 5.66. The summed E-state index contributed by atoms with van der Waals surface area (Å²) in [5.41, 5.74) is -0.329. The van der Waals surface area contributed by atoms with Gasteiger partial charge in [0.05, 0.1) is 19.3 Å². The van der Waals surface area contributed by atoms with Gasteiger partial charge in [0.15, 0.2) is 5.79 Å². The van der Waals surface area contributed by atoms with E-state index in [2.05, 4.69) is 20.8 Å². The van der Waals surface area contributed by atoms with E-state index in [1.54, 1.807) is 0 Å². The zero-order valence-electron chi connectivity index (χ0n) is 17.3. The molecule has 4 aliphatic rings. The largest absolute Gasteiger partial charge is 0.462 e. The Bertz CT molecular complexity index is 585. The third kappa shape index (κ3) is 2.87. The van der Waals surface area contributed by atoms with E-state index in [1.165, 1.54) is 6.92 Å². The summed E-state index contributed by atoms with van der Waals surface area (Å²) in [5.74, 6) is 0.247. The van der Waals surface area contributed by atoms with Gasteiger partial charge in [-0.15, -0.1) is 0 Å². The summed E-state index contributed by atoms with van der Waals surface area (Å²) >= 11 is 0. The van der Waals surface area contributed by atoms with Crippen molar-refractivity contribution in [1.82, 2.24) is 0 Å². The Morgan fingerprint density at radius 2 is 1.70 bits per heavy atom. The highest BCUT2D eigenvalue weighted by Gasteiger charge is 2.67. The fourth-order valence-corrected chi connectivity index (χ4v) is 6.95. The molecule has 0 bridgehead atoms. The van der Waals surface area contributed by atoms with Crippen LogP contribution in [0.1, 0.15) is 72.6 Å². The van der Waals surface area contributed by atoms with Crippen molar-refractivity contribution in [1.29, 1.82) is 0 Å². The molecule has 0 amide bonds.